The van der Waals surface area contributed by atoms with Crippen molar-refractivity contribution in [2.24, 2.45) is 0 Å². The number of para-hydroxylation sites is 1. The summed E-state index contributed by atoms with van der Waals surface area (Å²) in [5.74, 6) is -0.0142. The van der Waals surface area contributed by atoms with E-state index in [-0.39, 0.29) is 12.0 Å². The van der Waals surface area contributed by atoms with E-state index in [0.717, 1.165) is 4.88 Å². The number of methoxy groups -OCH3 is 2. The Morgan fingerprint density at radius 1 is 1.10 bits per heavy atom. The van der Waals surface area contributed by atoms with Gasteiger partial charge in [-0.3, -0.25) is 9.59 Å². The highest BCUT2D eigenvalue weighted by Crippen LogP contribution is 2.44. The minimum atomic E-state index is -1.93. The smallest absolute Gasteiger partial charge is 0.264 e. The molecule has 2 aromatic carbocycles. The number of benzene rings is 2. The number of amides is 1. The van der Waals surface area contributed by atoms with Crippen LogP contribution in [0.4, 0.5) is 5.69 Å². The number of Topliss-reactive ketones (excluding diaryl/α,β-unsaturated/α-hetero) is 1. The zero-order valence-electron chi connectivity index (χ0n) is 16.6. The van der Waals surface area contributed by atoms with Crippen LogP contribution in [0.1, 0.15) is 27.2 Å². The molecule has 1 aromatic heterocycles. The molecule has 6 nitrogen and oxygen atoms in total. The Labute approximate surface area is 178 Å². The third-order valence-electron chi connectivity index (χ3n) is 5.26. The lowest BCUT2D eigenvalue weighted by atomic mass is 9.88. The predicted molar refractivity (Wildman–Crippen MR) is 114 cm³/mol. The Bertz CT molecular complexity index is 1090. The first-order chi connectivity index (χ1) is 14.5. The van der Waals surface area contributed by atoms with Crippen LogP contribution in [0, 0.1) is 0 Å². The lowest BCUT2D eigenvalue weighted by Crippen LogP contribution is -2.41. The van der Waals surface area contributed by atoms with Crippen LogP contribution in [-0.2, 0) is 16.9 Å². The van der Waals surface area contributed by atoms with Crippen LogP contribution >= 0.6 is 11.3 Å². The number of rotatable bonds is 7. The first-order valence-corrected chi connectivity index (χ1v) is 10.3. The van der Waals surface area contributed by atoms with Gasteiger partial charge < -0.3 is 19.5 Å². The molecule has 0 aliphatic carbocycles. The van der Waals surface area contributed by atoms with Crippen molar-refractivity contribution in [3.63, 3.8) is 0 Å². The van der Waals surface area contributed by atoms with Gasteiger partial charge in [0.2, 0.25) is 0 Å². The van der Waals surface area contributed by atoms with Gasteiger partial charge in [0.25, 0.3) is 5.91 Å². The summed E-state index contributed by atoms with van der Waals surface area (Å²) >= 11 is 1.53. The average Bonchev–Trinajstić information content (AvgIpc) is 3.35. The van der Waals surface area contributed by atoms with E-state index < -0.39 is 17.3 Å². The second-order valence-electron chi connectivity index (χ2n) is 7.01. The van der Waals surface area contributed by atoms with Gasteiger partial charge in [-0.25, -0.2) is 0 Å². The number of fused-ring (bicyclic) bond motifs is 1. The molecule has 0 spiro atoms. The summed E-state index contributed by atoms with van der Waals surface area (Å²) in [5.41, 5.74) is -0.593. The molecule has 154 valence electrons. The van der Waals surface area contributed by atoms with E-state index in [9.17, 15) is 14.7 Å². The highest BCUT2D eigenvalue weighted by molar-refractivity contribution is 7.09. The Morgan fingerprint density at radius 3 is 2.60 bits per heavy atom. The molecule has 7 heteroatoms. The molecule has 1 amide bonds. The van der Waals surface area contributed by atoms with Crippen LogP contribution in [0.15, 0.2) is 60.0 Å². The van der Waals surface area contributed by atoms with Gasteiger partial charge in [0, 0.05) is 16.5 Å². The number of hydrogen-bond acceptors (Lipinski definition) is 6. The van der Waals surface area contributed by atoms with Gasteiger partial charge in [0.1, 0.15) is 11.5 Å². The van der Waals surface area contributed by atoms with Crippen LogP contribution in [-0.4, -0.2) is 31.0 Å². The monoisotopic (exact) mass is 423 g/mol. The van der Waals surface area contributed by atoms with Crippen molar-refractivity contribution in [3.8, 4) is 11.5 Å². The lowest BCUT2D eigenvalue weighted by Gasteiger charge is -2.23. The summed E-state index contributed by atoms with van der Waals surface area (Å²) in [7, 11) is 2.98. The summed E-state index contributed by atoms with van der Waals surface area (Å²) in [6, 6.07) is 15.7. The molecule has 4 rings (SSSR count). The van der Waals surface area contributed by atoms with Gasteiger partial charge in [0.15, 0.2) is 11.4 Å². The number of hydrogen-bond donors (Lipinski definition) is 1. The summed E-state index contributed by atoms with van der Waals surface area (Å²) in [4.78, 5) is 29.0. The minimum absolute atomic E-state index is 0.286. The van der Waals surface area contributed by atoms with Crippen molar-refractivity contribution in [1.82, 2.24) is 0 Å². The Balaban J connectivity index is 1.68. The quantitative estimate of drug-likeness (QED) is 0.586. The highest BCUT2D eigenvalue weighted by atomic mass is 32.1. The highest BCUT2D eigenvalue weighted by Gasteiger charge is 2.51. The third kappa shape index (κ3) is 3.36. The van der Waals surface area contributed by atoms with Gasteiger partial charge in [-0.05, 0) is 29.6 Å². The Hall–Kier alpha value is -3.16. The zero-order chi connectivity index (χ0) is 21.3. The SMILES string of the molecule is COc1ccc(C(=O)CC2(O)C(=O)N(Cc3cccs3)c3ccccc32)c(OC)c1. The maximum absolute atomic E-state index is 13.3. The molecular weight excluding hydrogens is 402 g/mol. The van der Waals surface area contributed by atoms with Gasteiger partial charge in [-0.2, -0.15) is 0 Å². The fourth-order valence-electron chi connectivity index (χ4n) is 3.75. The van der Waals surface area contributed by atoms with Gasteiger partial charge in [-0.15, -0.1) is 11.3 Å². The summed E-state index contributed by atoms with van der Waals surface area (Å²) in [6.45, 7) is 0.343. The van der Waals surface area contributed by atoms with Crippen molar-refractivity contribution in [1.29, 1.82) is 0 Å². The van der Waals surface area contributed by atoms with Crippen molar-refractivity contribution in [2.75, 3.05) is 19.1 Å². The van der Waals surface area contributed by atoms with E-state index in [4.69, 9.17) is 9.47 Å². The van der Waals surface area contributed by atoms with Crippen LogP contribution in [0.25, 0.3) is 0 Å². The molecule has 0 bridgehead atoms. The number of anilines is 1. The molecule has 0 fully saturated rings. The maximum Gasteiger partial charge on any atom is 0.264 e. The zero-order valence-corrected chi connectivity index (χ0v) is 17.4. The molecule has 0 saturated heterocycles. The third-order valence-corrected chi connectivity index (χ3v) is 6.12. The molecular formula is C23H21NO5S. The molecule has 0 saturated carbocycles. The average molecular weight is 423 g/mol. The number of carbonyl (C=O) groups is 2. The largest absolute Gasteiger partial charge is 0.497 e. The Kier molecular flexibility index (Phi) is 5.32. The van der Waals surface area contributed by atoms with Crippen molar-refractivity contribution in [2.45, 2.75) is 18.6 Å². The van der Waals surface area contributed by atoms with E-state index in [0.29, 0.717) is 29.3 Å². The van der Waals surface area contributed by atoms with Crippen LogP contribution in [0.3, 0.4) is 0 Å². The molecule has 3 aromatic rings. The minimum Gasteiger partial charge on any atom is -0.497 e. The first-order valence-electron chi connectivity index (χ1n) is 9.39. The molecule has 1 unspecified atom stereocenters. The molecule has 0 radical (unpaired) electrons. The van der Waals surface area contributed by atoms with Crippen LogP contribution in [0.2, 0.25) is 0 Å². The van der Waals surface area contributed by atoms with E-state index in [1.165, 1.54) is 25.6 Å². The first kappa shape index (κ1) is 20.1. The molecule has 1 aliphatic rings. The van der Waals surface area contributed by atoms with E-state index in [1.54, 1.807) is 41.3 Å². The number of thiophene rings is 1. The van der Waals surface area contributed by atoms with Crippen molar-refractivity contribution in [3.05, 3.63) is 76.0 Å². The summed E-state index contributed by atoms with van der Waals surface area (Å²) in [6.07, 6.45) is -0.382. The number of ether oxygens (including phenoxy) is 2. The van der Waals surface area contributed by atoms with Crippen LogP contribution in [0.5, 0.6) is 11.5 Å². The molecule has 1 aliphatic heterocycles. The van der Waals surface area contributed by atoms with Crippen molar-refractivity contribution < 1.29 is 24.2 Å². The van der Waals surface area contributed by atoms with Gasteiger partial charge >= 0.3 is 0 Å². The van der Waals surface area contributed by atoms with Crippen LogP contribution < -0.4 is 14.4 Å². The number of carbonyl (C=O) groups excluding carboxylic acids is 2. The lowest BCUT2D eigenvalue weighted by molar-refractivity contribution is -0.136. The van der Waals surface area contributed by atoms with Crippen molar-refractivity contribution >= 4 is 28.7 Å². The van der Waals surface area contributed by atoms with Gasteiger partial charge in [-0.1, -0.05) is 24.3 Å². The Morgan fingerprint density at radius 2 is 1.90 bits per heavy atom. The van der Waals surface area contributed by atoms with E-state index in [2.05, 4.69) is 0 Å². The second-order valence-corrected chi connectivity index (χ2v) is 8.05. The van der Waals surface area contributed by atoms with Gasteiger partial charge in [0.05, 0.1) is 38.4 Å². The number of aliphatic hydroxyl groups is 1. The fraction of sp³-hybridized carbons (Fsp3) is 0.217. The topological polar surface area (TPSA) is 76.1 Å². The molecule has 30 heavy (non-hydrogen) atoms. The number of nitrogens with zero attached hydrogens (tertiary/aromatic N) is 1. The van der Waals surface area contributed by atoms with E-state index in [1.807, 2.05) is 23.6 Å². The summed E-state index contributed by atoms with van der Waals surface area (Å²) < 4.78 is 10.5. The molecule has 1 atom stereocenters. The molecule has 1 N–H and O–H groups in total. The van der Waals surface area contributed by atoms with E-state index >= 15 is 0 Å². The maximum atomic E-state index is 13.3. The predicted octanol–water partition coefficient (Wildman–Crippen LogP) is 3.77. The number of ketones is 1. The standard InChI is InChI=1S/C23H21NO5S/c1-28-15-9-10-17(21(12-15)29-2)20(25)13-23(27)18-7-3-4-8-19(18)24(22(23)26)14-16-6-5-11-30-16/h3-12,27H,13-14H2,1-2H3. The normalized spacial score (nSPS) is 17.7. The second kappa shape index (κ2) is 7.93. The summed E-state index contributed by atoms with van der Waals surface area (Å²) in [5, 5.41) is 13.4. The molecule has 2 heterocycles. The fourth-order valence-corrected chi connectivity index (χ4v) is 4.44.